The van der Waals surface area contributed by atoms with E-state index in [9.17, 15) is 9.90 Å². The van der Waals surface area contributed by atoms with Crippen molar-refractivity contribution >= 4 is 59.1 Å². The molecule has 0 spiro atoms. The number of guanidine groups is 1. The summed E-state index contributed by atoms with van der Waals surface area (Å²) in [6, 6.07) is 4.89. The third-order valence-electron chi connectivity index (χ3n) is 2.89. The van der Waals surface area contributed by atoms with Crippen LogP contribution in [0, 0.1) is 0 Å². The Morgan fingerprint density at radius 3 is 2.46 bits per heavy atom. The van der Waals surface area contributed by atoms with E-state index in [0.29, 0.717) is 34.7 Å². The molecule has 0 amide bonds. The van der Waals surface area contributed by atoms with E-state index in [1.54, 1.807) is 18.2 Å². The normalized spacial score (nSPS) is 12.1. The minimum atomic E-state index is -0.831. The number of rotatable bonds is 7. The molecule has 0 bridgehead atoms. The summed E-state index contributed by atoms with van der Waals surface area (Å²) in [5, 5.41) is 17.1. The van der Waals surface area contributed by atoms with Crippen LogP contribution in [0.3, 0.4) is 0 Å². The van der Waals surface area contributed by atoms with E-state index >= 15 is 0 Å². The lowest BCUT2D eigenvalue weighted by Crippen LogP contribution is -2.38. The second kappa shape index (κ2) is 12.6. The number of nitrogens with zero attached hydrogens (tertiary/aromatic N) is 1. The van der Waals surface area contributed by atoms with Crippen LogP contribution in [-0.4, -0.2) is 43.8 Å². The fourth-order valence-corrected chi connectivity index (χ4v) is 2.32. The Kier molecular flexibility index (Phi) is 12.2. The van der Waals surface area contributed by atoms with Gasteiger partial charge < -0.3 is 20.5 Å². The van der Waals surface area contributed by atoms with Crippen molar-refractivity contribution in [3.8, 4) is 0 Å². The topological polar surface area (TPSA) is 83.0 Å². The van der Waals surface area contributed by atoms with Gasteiger partial charge in [-0.05, 0) is 30.7 Å². The minimum absolute atomic E-state index is 0. The number of methoxy groups -OCH3 is 1. The van der Waals surface area contributed by atoms with Crippen molar-refractivity contribution in [1.82, 2.24) is 10.6 Å². The number of benzene rings is 1. The number of aliphatic hydroxyl groups excluding tert-OH is 1. The van der Waals surface area contributed by atoms with Crippen molar-refractivity contribution < 1.29 is 14.6 Å². The second-order valence-electron chi connectivity index (χ2n) is 4.69. The molecule has 1 atom stereocenters. The Hall–Kier alpha value is -0.770. The molecule has 0 aromatic heterocycles. The average molecular weight is 490 g/mol. The zero-order valence-corrected chi connectivity index (χ0v) is 17.4. The van der Waals surface area contributed by atoms with Gasteiger partial charge in [0.15, 0.2) is 5.96 Å². The van der Waals surface area contributed by atoms with E-state index in [2.05, 4.69) is 20.4 Å². The molecule has 1 aromatic rings. The number of aliphatic hydroxyl groups is 1. The molecular formula is C15H22Cl2IN3O3. The largest absolute Gasteiger partial charge is 0.469 e. The van der Waals surface area contributed by atoms with Crippen LogP contribution in [-0.2, 0) is 9.53 Å². The van der Waals surface area contributed by atoms with Crippen molar-refractivity contribution in [3.05, 3.63) is 33.8 Å². The van der Waals surface area contributed by atoms with Crippen molar-refractivity contribution in [3.63, 3.8) is 0 Å². The number of hydrogen-bond acceptors (Lipinski definition) is 4. The maximum atomic E-state index is 11.1. The summed E-state index contributed by atoms with van der Waals surface area (Å²) in [5.74, 6) is 0.200. The first-order valence-electron chi connectivity index (χ1n) is 7.19. The predicted octanol–water partition coefficient (Wildman–Crippen LogP) is 2.76. The zero-order valence-electron chi connectivity index (χ0n) is 13.5. The fraction of sp³-hybridized carbons (Fsp3) is 0.467. The molecule has 0 saturated carbocycles. The van der Waals surface area contributed by atoms with Crippen LogP contribution in [0.2, 0.25) is 10.0 Å². The lowest BCUT2D eigenvalue weighted by molar-refractivity contribution is -0.140. The van der Waals surface area contributed by atoms with Crippen LogP contribution in [0.15, 0.2) is 23.2 Å². The minimum Gasteiger partial charge on any atom is -0.469 e. The van der Waals surface area contributed by atoms with Gasteiger partial charge in [0.25, 0.3) is 0 Å². The van der Waals surface area contributed by atoms with E-state index in [1.165, 1.54) is 7.11 Å². The number of carbonyl (C=O) groups excluding carboxylic acids is 1. The van der Waals surface area contributed by atoms with Crippen molar-refractivity contribution in [2.45, 2.75) is 19.4 Å². The first-order valence-corrected chi connectivity index (χ1v) is 7.95. The van der Waals surface area contributed by atoms with Gasteiger partial charge in [-0.1, -0.05) is 23.2 Å². The van der Waals surface area contributed by atoms with Gasteiger partial charge in [-0.3, -0.25) is 9.79 Å². The van der Waals surface area contributed by atoms with E-state index < -0.39 is 6.10 Å². The third-order valence-corrected chi connectivity index (χ3v) is 3.32. The van der Waals surface area contributed by atoms with Crippen molar-refractivity contribution in [2.24, 2.45) is 4.99 Å². The molecule has 6 nitrogen and oxygen atoms in total. The molecule has 0 heterocycles. The SMILES string of the molecule is CCNC(=NCC(O)c1cc(Cl)cc(Cl)c1)NCCC(=O)OC.I. The summed E-state index contributed by atoms with van der Waals surface area (Å²) < 4.78 is 4.57. The molecule has 1 aromatic carbocycles. The maximum Gasteiger partial charge on any atom is 0.307 e. The summed E-state index contributed by atoms with van der Waals surface area (Å²) in [6.45, 7) is 3.09. The molecule has 1 rings (SSSR count). The van der Waals surface area contributed by atoms with Gasteiger partial charge in [0, 0.05) is 23.1 Å². The summed E-state index contributed by atoms with van der Waals surface area (Å²) in [5.41, 5.74) is 0.594. The second-order valence-corrected chi connectivity index (χ2v) is 5.56. The highest BCUT2D eigenvalue weighted by Crippen LogP contribution is 2.23. The van der Waals surface area contributed by atoms with E-state index in [4.69, 9.17) is 23.2 Å². The number of halogens is 3. The fourth-order valence-electron chi connectivity index (χ4n) is 1.78. The molecule has 0 fully saturated rings. The van der Waals surface area contributed by atoms with E-state index in [0.717, 1.165) is 0 Å². The number of carbonyl (C=O) groups is 1. The molecule has 0 radical (unpaired) electrons. The Morgan fingerprint density at radius 2 is 1.92 bits per heavy atom. The van der Waals surface area contributed by atoms with Crippen LogP contribution in [0.25, 0.3) is 0 Å². The smallest absolute Gasteiger partial charge is 0.307 e. The summed E-state index contributed by atoms with van der Waals surface area (Å²) in [7, 11) is 1.34. The molecule has 0 aliphatic heterocycles. The average Bonchev–Trinajstić information content (AvgIpc) is 2.51. The summed E-state index contributed by atoms with van der Waals surface area (Å²) in [4.78, 5) is 15.4. The number of esters is 1. The molecule has 136 valence electrons. The lowest BCUT2D eigenvalue weighted by Gasteiger charge is -2.13. The molecule has 1 unspecified atom stereocenters. The van der Waals surface area contributed by atoms with Gasteiger partial charge in [0.2, 0.25) is 0 Å². The summed E-state index contributed by atoms with van der Waals surface area (Å²) in [6.07, 6.45) is -0.602. The Morgan fingerprint density at radius 1 is 1.29 bits per heavy atom. The van der Waals surface area contributed by atoms with Crippen LogP contribution in [0.1, 0.15) is 25.0 Å². The van der Waals surface area contributed by atoms with Gasteiger partial charge in [-0.15, -0.1) is 24.0 Å². The summed E-state index contributed by atoms with van der Waals surface area (Å²) >= 11 is 11.8. The highest BCUT2D eigenvalue weighted by Gasteiger charge is 2.10. The lowest BCUT2D eigenvalue weighted by atomic mass is 10.1. The van der Waals surface area contributed by atoms with E-state index in [1.807, 2.05) is 6.92 Å². The molecule has 9 heteroatoms. The van der Waals surface area contributed by atoms with Crippen molar-refractivity contribution in [2.75, 3.05) is 26.7 Å². The first kappa shape index (κ1) is 23.2. The Bertz CT molecular complexity index is 539. The molecule has 0 aliphatic carbocycles. The van der Waals surface area contributed by atoms with Gasteiger partial charge in [0.1, 0.15) is 0 Å². The quantitative estimate of drug-likeness (QED) is 0.237. The third kappa shape index (κ3) is 8.91. The molecule has 0 saturated heterocycles. The predicted molar refractivity (Wildman–Crippen MR) is 107 cm³/mol. The van der Waals surface area contributed by atoms with Gasteiger partial charge in [-0.2, -0.15) is 0 Å². The number of aliphatic imine (C=N–C) groups is 1. The number of hydrogen-bond donors (Lipinski definition) is 3. The molecular weight excluding hydrogens is 468 g/mol. The molecule has 24 heavy (non-hydrogen) atoms. The Balaban J connectivity index is 0.00000529. The van der Waals surface area contributed by atoms with Gasteiger partial charge in [0.05, 0.1) is 26.2 Å². The van der Waals surface area contributed by atoms with Crippen LogP contribution >= 0.6 is 47.2 Å². The van der Waals surface area contributed by atoms with Crippen LogP contribution in [0.5, 0.6) is 0 Å². The first-order chi connectivity index (χ1) is 11.0. The zero-order chi connectivity index (χ0) is 17.2. The van der Waals surface area contributed by atoms with Crippen LogP contribution < -0.4 is 10.6 Å². The number of nitrogens with one attached hydrogen (secondary N) is 2. The highest BCUT2D eigenvalue weighted by atomic mass is 127. The van der Waals surface area contributed by atoms with Gasteiger partial charge in [-0.25, -0.2) is 0 Å². The molecule has 3 N–H and O–H groups in total. The van der Waals surface area contributed by atoms with Crippen molar-refractivity contribution in [1.29, 1.82) is 0 Å². The Labute approximate surface area is 169 Å². The maximum absolute atomic E-state index is 11.1. The highest BCUT2D eigenvalue weighted by molar-refractivity contribution is 14.0. The standard InChI is InChI=1S/C15H21Cl2N3O3.HI/c1-3-18-15(19-5-4-14(22)23-2)20-9-13(21)10-6-11(16)8-12(17)7-10;/h6-8,13,21H,3-5,9H2,1-2H3,(H2,18,19,20);1H. The number of ether oxygens (including phenoxy) is 1. The van der Waals surface area contributed by atoms with Gasteiger partial charge >= 0.3 is 5.97 Å². The molecule has 0 aliphatic rings. The monoisotopic (exact) mass is 489 g/mol. The van der Waals surface area contributed by atoms with E-state index in [-0.39, 0.29) is 42.9 Å². The van der Waals surface area contributed by atoms with Crippen LogP contribution in [0.4, 0.5) is 0 Å².